The fraction of sp³-hybridized carbons (Fsp3) is 0.250. The van der Waals surface area contributed by atoms with Gasteiger partial charge in [0.2, 0.25) is 0 Å². The average Bonchev–Trinajstić information content (AvgIpc) is 2.95. The van der Waals surface area contributed by atoms with Crippen LogP contribution in [0, 0.1) is 13.8 Å². The highest BCUT2D eigenvalue weighted by atomic mass is 32.2. The topological polar surface area (TPSA) is 15.6 Å². The van der Waals surface area contributed by atoms with Crippen molar-refractivity contribution in [3.8, 4) is 0 Å². The van der Waals surface area contributed by atoms with E-state index in [0.29, 0.717) is 0 Å². The summed E-state index contributed by atoms with van der Waals surface area (Å²) in [4.78, 5) is 7.93. The molecule has 0 saturated carbocycles. The number of amidine groups is 1. The fourth-order valence-corrected chi connectivity index (χ4v) is 3.33. The summed E-state index contributed by atoms with van der Waals surface area (Å²) in [7, 11) is 0. The maximum absolute atomic E-state index is 4.45. The molecule has 2 aliphatic rings. The smallest absolute Gasteiger partial charge is 0.173 e. The van der Waals surface area contributed by atoms with Crippen LogP contribution < -0.4 is 4.90 Å². The summed E-state index contributed by atoms with van der Waals surface area (Å²) in [5.74, 6) is 0. The Bertz CT molecular complexity index is 690. The third-order valence-electron chi connectivity index (χ3n) is 3.31. The number of anilines is 1. The molecule has 0 unspecified atom stereocenters. The van der Waals surface area contributed by atoms with Crippen LogP contribution in [0.5, 0.6) is 0 Å². The summed E-state index contributed by atoms with van der Waals surface area (Å²) in [5, 5.41) is 1.10. The van der Waals surface area contributed by atoms with Crippen molar-refractivity contribution in [2.75, 3.05) is 11.4 Å². The van der Waals surface area contributed by atoms with Crippen LogP contribution in [0.2, 0.25) is 0 Å². The van der Waals surface area contributed by atoms with Crippen molar-refractivity contribution in [2.45, 2.75) is 32.6 Å². The van der Waals surface area contributed by atoms with Crippen LogP contribution in [-0.2, 0) is 0 Å². The Kier molecular flexibility index (Phi) is 6.48. The fourth-order valence-electron chi connectivity index (χ4n) is 2.22. The molecule has 3 heteroatoms. The molecule has 2 aliphatic heterocycles. The summed E-state index contributed by atoms with van der Waals surface area (Å²) in [6.07, 6.45) is 4.19. The predicted octanol–water partition coefficient (Wildman–Crippen LogP) is 5.81. The van der Waals surface area contributed by atoms with Gasteiger partial charge in [0.05, 0.1) is 12.2 Å². The Labute approximate surface area is 143 Å². The van der Waals surface area contributed by atoms with Crippen molar-refractivity contribution in [1.29, 1.82) is 0 Å². The Morgan fingerprint density at radius 3 is 2.35 bits per heavy atom. The Morgan fingerprint density at radius 2 is 1.70 bits per heavy atom. The van der Waals surface area contributed by atoms with Gasteiger partial charge in [0.1, 0.15) is 0 Å². The van der Waals surface area contributed by atoms with Gasteiger partial charge in [0, 0.05) is 11.1 Å². The Hall–Kier alpha value is -2.00. The highest BCUT2D eigenvalue weighted by molar-refractivity contribution is 8.14. The van der Waals surface area contributed by atoms with Crippen molar-refractivity contribution in [3.05, 3.63) is 71.9 Å². The average molecular weight is 324 g/mol. The monoisotopic (exact) mass is 324 g/mol. The molecule has 0 aliphatic carbocycles. The van der Waals surface area contributed by atoms with Crippen LogP contribution in [0.1, 0.15) is 25.0 Å². The number of aryl methyl sites for hydroxylation is 2. The number of hydrogen-bond acceptors (Lipinski definition) is 3. The minimum Gasteiger partial charge on any atom is -0.296 e. The van der Waals surface area contributed by atoms with Gasteiger partial charge in [-0.1, -0.05) is 55.8 Å². The molecule has 2 aromatic rings. The maximum atomic E-state index is 4.45. The van der Waals surface area contributed by atoms with E-state index in [2.05, 4.69) is 66.3 Å². The molecule has 0 amide bonds. The standard InChI is InChI=1S/C11H10N2S.C7H8.C2H6/c1-8-3-4-9-10(7-8)14-11-12-5-2-6-13(9)11;1-7-5-3-2-4-6-7;1-2/h2-4,6-7H,5H2,1H3;2-6H,1H3;1-2H3. The van der Waals surface area contributed by atoms with Crippen molar-refractivity contribution in [1.82, 2.24) is 0 Å². The highest BCUT2D eigenvalue weighted by Crippen LogP contribution is 2.41. The van der Waals surface area contributed by atoms with Gasteiger partial charge in [0.15, 0.2) is 5.17 Å². The van der Waals surface area contributed by atoms with Crippen LogP contribution in [-0.4, -0.2) is 11.7 Å². The first-order chi connectivity index (χ1) is 11.2. The first kappa shape index (κ1) is 17.4. The van der Waals surface area contributed by atoms with Crippen LogP contribution >= 0.6 is 11.8 Å². The minimum atomic E-state index is 0.811. The molecule has 0 fully saturated rings. The minimum absolute atomic E-state index is 0.811. The first-order valence-electron chi connectivity index (χ1n) is 8.04. The van der Waals surface area contributed by atoms with Crippen molar-refractivity contribution in [2.24, 2.45) is 4.99 Å². The zero-order chi connectivity index (χ0) is 16.7. The zero-order valence-corrected chi connectivity index (χ0v) is 15.1. The molecule has 0 bridgehead atoms. The van der Waals surface area contributed by atoms with Gasteiger partial charge in [-0.05, 0) is 49.4 Å². The molecule has 23 heavy (non-hydrogen) atoms. The van der Waals surface area contributed by atoms with E-state index in [1.54, 1.807) is 11.8 Å². The number of aliphatic imine (C=N–C) groups is 1. The number of hydrogen-bond donors (Lipinski definition) is 0. The van der Waals surface area contributed by atoms with Gasteiger partial charge in [-0.15, -0.1) is 0 Å². The van der Waals surface area contributed by atoms with Gasteiger partial charge < -0.3 is 0 Å². The third-order valence-corrected chi connectivity index (χ3v) is 4.36. The molecule has 120 valence electrons. The second-order valence-electron chi connectivity index (χ2n) is 5.11. The summed E-state index contributed by atoms with van der Waals surface area (Å²) in [6, 6.07) is 16.8. The number of thioether (sulfide) groups is 1. The van der Waals surface area contributed by atoms with E-state index in [1.165, 1.54) is 21.7 Å². The van der Waals surface area contributed by atoms with Crippen molar-refractivity contribution >= 4 is 22.6 Å². The van der Waals surface area contributed by atoms with Crippen LogP contribution in [0.4, 0.5) is 5.69 Å². The Balaban J connectivity index is 0.000000181. The largest absolute Gasteiger partial charge is 0.296 e. The number of fused-ring (bicyclic) bond motifs is 3. The number of benzene rings is 2. The maximum Gasteiger partial charge on any atom is 0.173 e. The van der Waals surface area contributed by atoms with Crippen molar-refractivity contribution in [3.63, 3.8) is 0 Å². The molecular formula is C20H24N2S. The lowest BCUT2D eigenvalue weighted by Crippen LogP contribution is -2.20. The van der Waals surface area contributed by atoms with E-state index in [4.69, 9.17) is 0 Å². The predicted molar refractivity (Wildman–Crippen MR) is 103 cm³/mol. The molecule has 0 N–H and O–H groups in total. The van der Waals surface area contributed by atoms with E-state index < -0.39 is 0 Å². The number of nitrogens with zero attached hydrogens (tertiary/aromatic N) is 2. The van der Waals surface area contributed by atoms with Gasteiger partial charge >= 0.3 is 0 Å². The molecule has 2 nitrogen and oxygen atoms in total. The zero-order valence-electron chi connectivity index (χ0n) is 14.3. The molecule has 0 radical (unpaired) electrons. The van der Waals surface area contributed by atoms with Crippen molar-refractivity contribution < 1.29 is 0 Å². The molecule has 2 heterocycles. The van der Waals surface area contributed by atoms with Gasteiger partial charge in [-0.3, -0.25) is 9.89 Å². The van der Waals surface area contributed by atoms with E-state index in [-0.39, 0.29) is 0 Å². The number of rotatable bonds is 0. The Morgan fingerprint density at radius 1 is 0.957 bits per heavy atom. The second-order valence-corrected chi connectivity index (χ2v) is 6.12. The third kappa shape index (κ3) is 4.49. The summed E-state index contributed by atoms with van der Waals surface area (Å²) >= 11 is 1.76. The van der Waals surface area contributed by atoms with Gasteiger partial charge in [-0.2, -0.15) is 0 Å². The van der Waals surface area contributed by atoms with Crippen LogP contribution in [0.3, 0.4) is 0 Å². The van der Waals surface area contributed by atoms with E-state index in [1.807, 2.05) is 32.0 Å². The lowest BCUT2D eigenvalue weighted by atomic mass is 10.2. The quantitative estimate of drug-likeness (QED) is 0.607. The second kappa shape index (κ2) is 8.59. The lowest BCUT2D eigenvalue weighted by molar-refractivity contribution is 1.16. The summed E-state index contributed by atoms with van der Waals surface area (Å²) < 4.78 is 0. The van der Waals surface area contributed by atoms with E-state index >= 15 is 0 Å². The normalized spacial score (nSPS) is 13.7. The SMILES string of the molecule is CC.Cc1ccc2c(c1)SC1=NCC=CN12.Cc1ccccc1. The molecule has 0 spiro atoms. The molecule has 2 aromatic carbocycles. The highest BCUT2D eigenvalue weighted by Gasteiger charge is 2.25. The molecule has 0 saturated heterocycles. The van der Waals surface area contributed by atoms with Gasteiger partial charge in [-0.25, -0.2) is 0 Å². The lowest BCUT2D eigenvalue weighted by Gasteiger charge is -2.16. The summed E-state index contributed by atoms with van der Waals surface area (Å²) in [6.45, 7) is 9.02. The molecule has 0 atom stereocenters. The molecular weight excluding hydrogens is 300 g/mol. The van der Waals surface area contributed by atoms with Crippen LogP contribution in [0.15, 0.2) is 70.7 Å². The van der Waals surface area contributed by atoms with Crippen LogP contribution in [0.25, 0.3) is 0 Å². The molecule has 0 aromatic heterocycles. The van der Waals surface area contributed by atoms with E-state index in [9.17, 15) is 0 Å². The molecule has 4 rings (SSSR count). The summed E-state index contributed by atoms with van der Waals surface area (Å²) in [5.41, 5.74) is 3.89. The van der Waals surface area contributed by atoms with Gasteiger partial charge in [0.25, 0.3) is 0 Å². The first-order valence-corrected chi connectivity index (χ1v) is 8.86. The van der Waals surface area contributed by atoms with E-state index in [0.717, 1.165) is 11.7 Å².